The maximum atomic E-state index is 11.7. The molecule has 2 rings (SSSR count). The minimum Gasteiger partial charge on any atom is -0.351 e. The molecule has 0 spiro atoms. The molecule has 2 atom stereocenters. The third-order valence-electron chi connectivity index (χ3n) is 3.09. The zero-order chi connectivity index (χ0) is 13.1. The summed E-state index contributed by atoms with van der Waals surface area (Å²) in [6.07, 6.45) is 3.02. The normalized spacial score (nSPS) is 19.2. The maximum absolute atomic E-state index is 11.7. The van der Waals surface area contributed by atoms with Gasteiger partial charge >= 0.3 is 0 Å². The molecule has 108 valence electrons. The molecule has 0 saturated heterocycles. The summed E-state index contributed by atoms with van der Waals surface area (Å²) in [4.78, 5) is 16.1. The number of nitrogens with one attached hydrogen (secondary N) is 1. The van der Waals surface area contributed by atoms with Crippen molar-refractivity contribution in [1.82, 2.24) is 20.1 Å². The Hall–Kier alpha value is -1.14. The van der Waals surface area contributed by atoms with Crippen molar-refractivity contribution < 1.29 is 4.79 Å². The highest BCUT2D eigenvalue weighted by Crippen LogP contribution is 2.13. The zero-order valence-corrected chi connectivity index (χ0v) is 12.2. The molecule has 7 heteroatoms. The van der Waals surface area contributed by atoms with Gasteiger partial charge in [0.2, 0.25) is 5.91 Å². The fourth-order valence-corrected chi connectivity index (χ4v) is 2.21. The molecule has 1 amide bonds. The van der Waals surface area contributed by atoms with Crippen molar-refractivity contribution in [1.29, 1.82) is 0 Å². The number of nitrogens with two attached hydrogens (primary N) is 1. The molecule has 0 radical (unpaired) electrons. The monoisotopic (exact) mass is 287 g/mol. The van der Waals surface area contributed by atoms with Crippen LogP contribution < -0.4 is 11.1 Å². The Morgan fingerprint density at radius 3 is 3.00 bits per heavy atom. The van der Waals surface area contributed by atoms with Crippen molar-refractivity contribution in [2.24, 2.45) is 5.73 Å². The van der Waals surface area contributed by atoms with Crippen LogP contribution in [0.15, 0.2) is 0 Å². The van der Waals surface area contributed by atoms with Crippen LogP contribution in [0.25, 0.3) is 0 Å². The van der Waals surface area contributed by atoms with Crippen LogP contribution in [0.2, 0.25) is 0 Å². The Labute approximate surface area is 119 Å². The van der Waals surface area contributed by atoms with Gasteiger partial charge in [-0.15, -0.1) is 12.4 Å². The molecule has 0 bridgehead atoms. The Bertz CT molecular complexity index is 432. The lowest BCUT2D eigenvalue weighted by Gasteiger charge is -2.23. The molecule has 0 aliphatic carbocycles. The summed E-state index contributed by atoms with van der Waals surface area (Å²) in [5.74, 6) is 1.94. The summed E-state index contributed by atoms with van der Waals surface area (Å²) in [6.45, 7) is 4.60. The van der Waals surface area contributed by atoms with Crippen molar-refractivity contribution in [2.75, 3.05) is 0 Å². The Kier molecular flexibility index (Phi) is 5.75. The van der Waals surface area contributed by atoms with Crippen molar-refractivity contribution in [3.8, 4) is 0 Å². The molecular weight excluding hydrogens is 266 g/mol. The summed E-state index contributed by atoms with van der Waals surface area (Å²) in [6, 6.07) is 0.0531. The molecule has 2 heterocycles. The molecule has 0 fully saturated rings. The lowest BCUT2D eigenvalue weighted by molar-refractivity contribution is -0.122. The summed E-state index contributed by atoms with van der Waals surface area (Å²) in [5, 5.41) is 7.43. The average Bonchev–Trinajstić information content (AvgIpc) is 2.69. The first-order valence-electron chi connectivity index (χ1n) is 6.56. The predicted molar refractivity (Wildman–Crippen MR) is 75.2 cm³/mol. The fourth-order valence-electron chi connectivity index (χ4n) is 2.21. The van der Waals surface area contributed by atoms with Crippen LogP contribution in [0.5, 0.6) is 0 Å². The van der Waals surface area contributed by atoms with E-state index >= 15 is 0 Å². The van der Waals surface area contributed by atoms with Crippen LogP contribution in [0, 0.1) is 0 Å². The van der Waals surface area contributed by atoms with Crippen LogP contribution >= 0.6 is 12.4 Å². The van der Waals surface area contributed by atoms with Crippen molar-refractivity contribution in [3.63, 3.8) is 0 Å². The third kappa shape index (κ3) is 4.18. The van der Waals surface area contributed by atoms with Crippen LogP contribution in [-0.2, 0) is 24.2 Å². The Balaban J connectivity index is 0.00000180. The number of halogens is 1. The van der Waals surface area contributed by atoms with E-state index < -0.39 is 0 Å². The topological polar surface area (TPSA) is 85.8 Å². The number of amides is 1. The molecule has 1 aromatic heterocycles. The third-order valence-corrected chi connectivity index (χ3v) is 3.09. The fraction of sp³-hybridized carbons (Fsp3) is 0.750. The van der Waals surface area contributed by atoms with E-state index in [0.717, 1.165) is 30.9 Å². The lowest BCUT2D eigenvalue weighted by Crippen LogP contribution is -2.42. The van der Waals surface area contributed by atoms with Gasteiger partial charge in [0.25, 0.3) is 0 Å². The molecule has 3 N–H and O–H groups in total. The molecule has 1 aromatic rings. The van der Waals surface area contributed by atoms with Crippen molar-refractivity contribution in [3.05, 3.63) is 11.6 Å². The van der Waals surface area contributed by atoms with Gasteiger partial charge in [0.05, 0.1) is 6.54 Å². The number of carbonyl (C=O) groups is 1. The average molecular weight is 288 g/mol. The van der Waals surface area contributed by atoms with Crippen LogP contribution in [0.4, 0.5) is 0 Å². The second kappa shape index (κ2) is 6.86. The molecule has 0 saturated carbocycles. The van der Waals surface area contributed by atoms with Crippen molar-refractivity contribution >= 4 is 18.3 Å². The molecule has 6 nitrogen and oxygen atoms in total. The quantitative estimate of drug-likeness (QED) is 0.841. The van der Waals surface area contributed by atoms with E-state index in [1.807, 2.05) is 18.5 Å². The summed E-state index contributed by atoms with van der Waals surface area (Å²) >= 11 is 0. The minimum atomic E-state index is -0.0952. The van der Waals surface area contributed by atoms with Gasteiger partial charge in [-0.1, -0.05) is 6.92 Å². The number of hydrogen-bond donors (Lipinski definition) is 2. The van der Waals surface area contributed by atoms with E-state index in [4.69, 9.17) is 5.73 Å². The van der Waals surface area contributed by atoms with E-state index in [0.29, 0.717) is 13.0 Å². The van der Waals surface area contributed by atoms with E-state index in [2.05, 4.69) is 15.4 Å². The number of hydrogen-bond acceptors (Lipinski definition) is 4. The summed E-state index contributed by atoms with van der Waals surface area (Å²) in [7, 11) is 0. The molecule has 2 unspecified atom stereocenters. The molecule has 19 heavy (non-hydrogen) atoms. The number of aryl methyl sites for hydroxylation is 2. The van der Waals surface area contributed by atoms with Gasteiger partial charge in [0.15, 0.2) is 5.82 Å². The van der Waals surface area contributed by atoms with E-state index in [1.54, 1.807) is 0 Å². The van der Waals surface area contributed by atoms with Crippen LogP contribution in [0.1, 0.15) is 38.3 Å². The second-order valence-corrected chi connectivity index (χ2v) is 4.96. The SMILES string of the molecule is CCc1nc2n(n1)CC(NC(=O)CC(C)N)CC2.Cl. The van der Waals surface area contributed by atoms with Gasteiger partial charge in [-0.05, 0) is 13.3 Å². The Morgan fingerprint density at radius 2 is 2.37 bits per heavy atom. The molecular formula is C12H22ClN5O. The highest BCUT2D eigenvalue weighted by molar-refractivity contribution is 5.85. The van der Waals surface area contributed by atoms with Gasteiger partial charge in [-0.2, -0.15) is 5.10 Å². The first-order chi connectivity index (χ1) is 8.58. The van der Waals surface area contributed by atoms with Gasteiger partial charge in [0.1, 0.15) is 5.82 Å². The van der Waals surface area contributed by atoms with Gasteiger partial charge in [-0.3, -0.25) is 4.79 Å². The minimum absolute atomic E-state index is 0. The molecule has 1 aliphatic rings. The highest BCUT2D eigenvalue weighted by atomic mass is 35.5. The first-order valence-corrected chi connectivity index (χ1v) is 6.56. The predicted octanol–water partition coefficient (Wildman–Crippen LogP) is 0.431. The van der Waals surface area contributed by atoms with Gasteiger partial charge < -0.3 is 11.1 Å². The standard InChI is InChI=1S/C12H21N5O.ClH/c1-3-10-15-11-5-4-9(7-17(11)16-10)14-12(18)6-8(2)13;/h8-9H,3-7,13H2,1-2H3,(H,14,18);1H. The number of carbonyl (C=O) groups excluding carboxylic acids is 1. The van der Waals surface area contributed by atoms with E-state index in [9.17, 15) is 4.79 Å². The number of aromatic nitrogens is 3. The van der Waals surface area contributed by atoms with Crippen molar-refractivity contribution in [2.45, 2.75) is 58.2 Å². The number of rotatable bonds is 4. The van der Waals surface area contributed by atoms with E-state index in [1.165, 1.54) is 0 Å². The number of nitrogens with zero attached hydrogens (tertiary/aromatic N) is 3. The van der Waals surface area contributed by atoms with Gasteiger partial charge in [-0.25, -0.2) is 9.67 Å². The second-order valence-electron chi connectivity index (χ2n) is 4.96. The Morgan fingerprint density at radius 1 is 1.63 bits per heavy atom. The van der Waals surface area contributed by atoms with E-state index in [-0.39, 0.29) is 30.4 Å². The zero-order valence-electron chi connectivity index (χ0n) is 11.4. The molecule has 1 aliphatic heterocycles. The van der Waals surface area contributed by atoms with Crippen LogP contribution in [0.3, 0.4) is 0 Å². The maximum Gasteiger partial charge on any atom is 0.221 e. The summed E-state index contributed by atoms with van der Waals surface area (Å²) in [5.41, 5.74) is 5.61. The lowest BCUT2D eigenvalue weighted by atomic mass is 10.1. The smallest absolute Gasteiger partial charge is 0.221 e. The van der Waals surface area contributed by atoms with Crippen LogP contribution in [-0.4, -0.2) is 32.8 Å². The summed E-state index contributed by atoms with van der Waals surface area (Å²) < 4.78 is 1.92. The highest BCUT2D eigenvalue weighted by Gasteiger charge is 2.22. The first kappa shape index (κ1) is 15.9. The molecule has 0 aromatic carbocycles. The largest absolute Gasteiger partial charge is 0.351 e. The number of fused-ring (bicyclic) bond motifs is 1. The van der Waals surface area contributed by atoms with Gasteiger partial charge in [0, 0.05) is 31.3 Å².